The smallest absolute Gasteiger partial charge is 0.275 e. The van der Waals surface area contributed by atoms with Crippen LogP contribution in [0.25, 0.3) is 10.8 Å². The lowest BCUT2D eigenvalue weighted by atomic mass is 9.97. The van der Waals surface area contributed by atoms with Crippen LogP contribution in [0.2, 0.25) is 0 Å². The molecule has 4 rings (SSSR count). The molecule has 1 aromatic heterocycles. The molecule has 0 saturated carbocycles. The summed E-state index contributed by atoms with van der Waals surface area (Å²) in [4.78, 5) is 15.0. The van der Waals surface area contributed by atoms with Gasteiger partial charge in [-0.2, -0.15) is 5.10 Å². The number of halogens is 1. The second-order valence-corrected chi connectivity index (χ2v) is 7.20. The number of fused-ring (bicyclic) bond motifs is 1. The summed E-state index contributed by atoms with van der Waals surface area (Å²) in [7, 11) is 1.94. The van der Waals surface area contributed by atoms with E-state index in [1.165, 1.54) is 16.8 Å². The van der Waals surface area contributed by atoms with Gasteiger partial charge in [-0.25, -0.2) is 9.07 Å². The minimum absolute atomic E-state index is 0.121. The highest BCUT2D eigenvalue weighted by Gasteiger charge is 2.21. The normalized spacial score (nSPS) is 12.4. The van der Waals surface area contributed by atoms with Crippen molar-refractivity contribution in [3.05, 3.63) is 112 Å². The maximum absolute atomic E-state index is 13.5. The van der Waals surface area contributed by atoms with E-state index in [0.29, 0.717) is 12.1 Å². The van der Waals surface area contributed by atoms with E-state index in [1.807, 2.05) is 73.5 Å². The largest absolute Gasteiger partial charge is 0.276 e. The maximum Gasteiger partial charge on any atom is 0.275 e. The molecule has 0 aliphatic carbocycles. The molecule has 0 spiro atoms. The predicted molar refractivity (Wildman–Crippen MR) is 113 cm³/mol. The number of hydrogen-bond donors (Lipinski definition) is 0. The number of aromatic nitrogens is 2. The van der Waals surface area contributed by atoms with Crippen LogP contribution in [-0.4, -0.2) is 21.7 Å². The van der Waals surface area contributed by atoms with Crippen LogP contribution in [0.4, 0.5) is 4.39 Å². The topological polar surface area (TPSA) is 38.1 Å². The summed E-state index contributed by atoms with van der Waals surface area (Å²) < 4.78 is 15.0. The van der Waals surface area contributed by atoms with E-state index >= 15 is 0 Å². The summed E-state index contributed by atoms with van der Waals surface area (Å²) in [6.45, 7) is 2.22. The molecule has 0 unspecified atom stereocenters. The lowest BCUT2D eigenvalue weighted by molar-refractivity contribution is 0.205. The van der Waals surface area contributed by atoms with Crippen molar-refractivity contribution in [1.82, 2.24) is 14.7 Å². The minimum atomic E-state index is -0.272. The Kier molecular flexibility index (Phi) is 5.23. The molecule has 0 aliphatic rings. The Bertz CT molecular complexity index is 1190. The van der Waals surface area contributed by atoms with Crippen molar-refractivity contribution in [1.29, 1.82) is 0 Å². The molecule has 0 amide bonds. The summed E-state index contributed by atoms with van der Waals surface area (Å²) in [6, 6.07) is 23.9. The fourth-order valence-corrected chi connectivity index (χ4v) is 3.78. The second-order valence-electron chi connectivity index (χ2n) is 7.20. The monoisotopic (exact) mass is 387 g/mol. The Hall–Kier alpha value is -3.31. The van der Waals surface area contributed by atoms with E-state index in [9.17, 15) is 9.18 Å². The fraction of sp³-hybridized carbons (Fsp3) is 0.167. The molecule has 3 aromatic carbocycles. The Balaban J connectivity index is 1.75. The third-order valence-corrected chi connectivity index (χ3v) is 5.15. The molecule has 146 valence electrons. The standard InChI is InChI=1S/C24H22FN3O/c1-17-21-10-6-7-11-22(21)24(29)28(26-17)16-27(2)23(18-8-4-3-5-9-18)19-12-14-20(25)15-13-19/h3-15,23H,16H2,1-2H3/t23-/m1/s1. The first-order valence-corrected chi connectivity index (χ1v) is 9.51. The fourth-order valence-electron chi connectivity index (χ4n) is 3.78. The summed E-state index contributed by atoms with van der Waals surface area (Å²) in [6.07, 6.45) is 0. The van der Waals surface area contributed by atoms with Gasteiger partial charge in [0.15, 0.2) is 0 Å². The van der Waals surface area contributed by atoms with Crippen LogP contribution < -0.4 is 5.56 Å². The first-order chi connectivity index (χ1) is 14.0. The van der Waals surface area contributed by atoms with Gasteiger partial charge in [0.25, 0.3) is 5.56 Å². The lowest BCUT2D eigenvalue weighted by Crippen LogP contribution is -2.35. The Morgan fingerprint density at radius 3 is 2.17 bits per heavy atom. The molecule has 0 saturated heterocycles. The van der Waals surface area contributed by atoms with E-state index in [4.69, 9.17) is 0 Å². The first-order valence-electron chi connectivity index (χ1n) is 9.51. The summed E-state index contributed by atoms with van der Waals surface area (Å²) in [5.41, 5.74) is 2.70. The summed E-state index contributed by atoms with van der Waals surface area (Å²) >= 11 is 0. The molecule has 5 heteroatoms. The number of hydrogen-bond acceptors (Lipinski definition) is 3. The van der Waals surface area contributed by atoms with Crippen LogP contribution in [0.3, 0.4) is 0 Å². The van der Waals surface area contributed by atoms with Gasteiger partial charge < -0.3 is 0 Å². The van der Waals surface area contributed by atoms with Crippen molar-refractivity contribution < 1.29 is 4.39 Å². The van der Waals surface area contributed by atoms with Crippen LogP contribution in [0, 0.1) is 12.7 Å². The highest BCUT2D eigenvalue weighted by Crippen LogP contribution is 2.28. The SMILES string of the molecule is Cc1nn(CN(C)[C@H](c2ccccc2)c2ccc(F)cc2)c(=O)c2ccccc12. The summed E-state index contributed by atoms with van der Waals surface area (Å²) in [5, 5.41) is 6.06. The van der Waals surface area contributed by atoms with Crippen LogP contribution in [0.5, 0.6) is 0 Å². The van der Waals surface area contributed by atoms with E-state index in [-0.39, 0.29) is 17.4 Å². The van der Waals surface area contributed by atoms with Gasteiger partial charge in [0.2, 0.25) is 0 Å². The number of rotatable bonds is 5. The zero-order valence-corrected chi connectivity index (χ0v) is 16.4. The number of nitrogens with zero attached hydrogens (tertiary/aromatic N) is 3. The van der Waals surface area contributed by atoms with E-state index < -0.39 is 0 Å². The molecule has 1 heterocycles. The molecule has 4 nitrogen and oxygen atoms in total. The Morgan fingerprint density at radius 1 is 0.897 bits per heavy atom. The van der Waals surface area contributed by atoms with Gasteiger partial charge in [-0.15, -0.1) is 0 Å². The van der Waals surface area contributed by atoms with Crippen LogP contribution in [0.15, 0.2) is 83.7 Å². The molecule has 29 heavy (non-hydrogen) atoms. The van der Waals surface area contributed by atoms with Crippen molar-refractivity contribution in [2.75, 3.05) is 7.05 Å². The maximum atomic E-state index is 13.5. The van der Waals surface area contributed by atoms with Gasteiger partial charge in [-0.3, -0.25) is 9.69 Å². The van der Waals surface area contributed by atoms with E-state index in [1.54, 1.807) is 12.1 Å². The third kappa shape index (κ3) is 3.82. The average molecular weight is 387 g/mol. The molecule has 0 N–H and O–H groups in total. The Morgan fingerprint density at radius 2 is 1.48 bits per heavy atom. The number of benzene rings is 3. The second kappa shape index (κ2) is 7.97. The highest BCUT2D eigenvalue weighted by atomic mass is 19.1. The first kappa shape index (κ1) is 19.0. The lowest BCUT2D eigenvalue weighted by Gasteiger charge is -2.29. The number of aryl methyl sites for hydroxylation is 1. The molecule has 0 radical (unpaired) electrons. The van der Waals surface area contributed by atoms with Crippen LogP contribution in [-0.2, 0) is 6.67 Å². The Labute approximate surface area is 168 Å². The molecule has 0 bridgehead atoms. The zero-order chi connectivity index (χ0) is 20.4. The van der Waals surface area contributed by atoms with Gasteiger partial charge in [-0.1, -0.05) is 60.7 Å². The van der Waals surface area contributed by atoms with Crippen molar-refractivity contribution in [2.45, 2.75) is 19.6 Å². The molecule has 0 fully saturated rings. The molecule has 1 atom stereocenters. The van der Waals surface area contributed by atoms with Crippen molar-refractivity contribution in [2.24, 2.45) is 0 Å². The molecule has 0 aliphatic heterocycles. The van der Waals surface area contributed by atoms with Crippen LogP contribution in [0.1, 0.15) is 22.9 Å². The van der Waals surface area contributed by atoms with Gasteiger partial charge in [0.05, 0.1) is 23.8 Å². The molecular formula is C24H22FN3O. The quantitative estimate of drug-likeness (QED) is 0.505. The zero-order valence-electron chi connectivity index (χ0n) is 16.4. The van der Waals surface area contributed by atoms with Gasteiger partial charge >= 0.3 is 0 Å². The van der Waals surface area contributed by atoms with Crippen molar-refractivity contribution >= 4 is 10.8 Å². The highest BCUT2D eigenvalue weighted by molar-refractivity contribution is 5.83. The third-order valence-electron chi connectivity index (χ3n) is 5.15. The summed E-state index contributed by atoms with van der Waals surface area (Å²) in [5.74, 6) is -0.272. The average Bonchev–Trinajstić information content (AvgIpc) is 2.74. The van der Waals surface area contributed by atoms with Crippen LogP contribution >= 0.6 is 0 Å². The van der Waals surface area contributed by atoms with Gasteiger partial charge in [0.1, 0.15) is 5.82 Å². The van der Waals surface area contributed by atoms with Gasteiger partial charge in [-0.05, 0) is 43.3 Å². The van der Waals surface area contributed by atoms with E-state index in [2.05, 4.69) is 5.10 Å². The van der Waals surface area contributed by atoms with Gasteiger partial charge in [0, 0.05) is 5.39 Å². The molecular weight excluding hydrogens is 365 g/mol. The van der Waals surface area contributed by atoms with E-state index in [0.717, 1.165) is 22.2 Å². The minimum Gasteiger partial charge on any atom is -0.276 e. The van der Waals surface area contributed by atoms with Crippen molar-refractivity contribution in [3.63, 3.8) is 0 Å². The van der Waals surface area contributed by atoms with Crippen molar-refractivity contribution in [3.8, 4) is 0 Å². The molecule has 4 aromatic rings. The predicted octanol–water partition coefficient (Wildman–Crippen LogP) is 4.52.